The van der Waals surface area contributed by atoms with Gasteiger partial charge in [0.25, 0.3) is 0 Å². The van der Waals surface area contributed by atoms with E-state index in [1.54, 1.807) is 4.68 Å². The van der Waals surface area contributed by atoms with Crippen LogP contribution in [0.2, 0.25) is 0 Å². The Balaban J connectivity index is 1.98. The Kier molecular flexibility index (Phi) is 4.36. The lowest BCUT2D eigenvalue weighted by Gasteiger charge is -2.14. The highest BCUT2D eigenvalue weighted by Gasteiger charge is 2.21. The first kappa shape index (κ1) is 14.8. The zero-order valence-corrected chi connectivity index (χ0v) is 11.8. The minimum atomic E-state index is -1.09. The van der Waals surface area contributed by atoms with Crippen LogP contribution < -0.4 is 5.32 Å². The Bertz CT molecular complexity index is 632. The number of imidazole rings is 1. The van der Waals surface area contributed by atoms with Crippen molar-refractivity contribution in [2.75, 3.05) is 0 Å². The van der Waals surface area contributed by atoms with Crippen LogP contribution in [0.1, 0.15) is 17.1 Å². The van der Waals surface area contributed by atoms with Gasteiger partial charge in [-0.15, -0.1) is 0 Å². The zero-order valence-electron chi connectivity index (χ0n) is 11.8. The molecule has 2 aromatic heterocycles. The molecule has 0 radical (unpaired) electrons. The minimum absolute atomic E-state index is 0.00751. The van der Waals surface area contributed by atoms with E-state index >= 15 is 0 Å². The van der Waals surface area contributed by atoms with E-state index in [0.29, 0.717) is 5.69 Å². The molecule has 8 heteroatoms. The standard InChI is InChI=1S/C13H17N5O3/c1-8-3-9(2)18(17-8)6-12(19)16-11(13(20)21)4-10-5-14-7-15-10/h3,5,7,11H,4,6H2,1-2H3,(H,14,15)(H,16,19)(H,20,21)/t11-/m1/s1. The first-order chi connectivity index (χ1) is 9.95. The molecule has 0 aromatic carbocycles. The summed E-state index contributed by atoms with van der Waals surface area (Å²) in [7, 11) is 0. The second-order valence-corrected chi connectivity index (χ2v) is 4.82. The molecule has 0 saturated carbocycles. The molecule has 0 fully saturated rings. The van der Waals surface area contributed by atoms with E-state index in [1.165, 1.54) is 12.5 Å². The van der Waals surface area contributed by atoms with Crippen LogP contribution in [-0.4, -0.2) is 42.8 Å². The third-order valence-corrected chi connectivity index (χ3v) is 3.01. The van der Waals surface area contributed by atoms with Crippen LogP contribution in [0.5, 0.6) is 0 Å². The van der Waals surface area contributed by atoms with Crippen molar-refractivity contribution in [3.05, 3.63) is 35.7 Å². The highest BCUT2D eigenvalue weighted by atomic mass is 16.4. The van der Waals surface area contributed by atoms with Gasteiger partial charge in [-0.3, -0.25) is 9.48 Å². The van der Waals surface area contributed by atoms with Gasteiger partial charge in [-0.1, -0.05) is 0 Å². The quantitative estimate of drug-likeness (QED) is 0.695. The van der Waals surface area contributed by atoms with Crippen LogP contribution in [0.15, 0.2) is 18.6 Å². The number of aryl methyl sites for hydroxylation is 2. The first-order valence-electron chi connectivity index (χ1n) is 6.46. The molecule has 2 heterocycles. The van der Waals surface area contributed by atoms with Gasteiger partial charge >= 0.3 is 5.97 Å². The van der Waals surface area contributed by atoms with Gasteiger partial charge < -0.3 is 15.4 Å². The van der Waals surface area contributed by atoms with Crippen LogP contribution >= 0.6 is 0 Å². The molecular formula is C13H17N5O3. The van der Waals surface area contributed by atoms with Gasteiger partial charge in [-0.05, 0) is 19.9 Å². The number of nitrogens with zero attached hydrogens (tertiary/aromatic N) is 3. The van der Waals surface area contributed by atoms with E-state index in [0.717, 1.165) is 11.4 Å². The van der Waals surface area contributed by atoms with Crippen molar-refractivity contribution < 1.29 is 14.7 Å². The Morgan fingerprint density at radius 2 is 2.24 bits per heavy atom. The lowest BCUT2D eigenvalue weighted by Crippen LogP contribution is -2.44. The van der Waals surface area contributed by atoms with E-state index in [9.17, 15) is 14.7 Å². The van der Waals surface area contributed by atoms with E-state index in [-0.39, 0.29) is 13.0 Å². The summed E-state index contributed by atoms with van der Waals surface area (Å²) in [6.45, 7) is 3.67. The Morgan fingerprint density at radius 3 is 2.76 bits per heavy atom. The molecule has 0 bridgehead atoms. The van der Waals surface area contributed by atoms with Crippen molar-refractivity contribution in [3.63, 3.8) is 0 Å². The Morgan fingerprint density at radius 1 is 1.48 bits per heavy atom. The molecule has 21 heavy (non-hydrogen) atoms. The third kappa shape index (κ3) is 3.91. The summed E-state index contributed by atoms with van der Waals surface area (Å²) in [4.78, 5) is 29.8. The van der Waals surface area contributed by atoms with Crippen molar-refractivity contribution in [1.82, 2.24) is 25.1 Å². The molecular weight excluding hydrogens is 274 g/mol. The largest absolute Gasteiger partial charge is 0.480 e. The van der Waals surface area contributed by atoms with Crippen LogP contribution in [0.3, 0.4) is 0 Å². The van der Waals surface area contributed by atoms with Gasteiger partial charge in [0.1, 0.15) is 12.6 Å². The smallest absolute Gasteiger partial charge is 0.326 e. The molecule has 112 valence electrons. The number of carboxylic acids is 1. The third-order valence-electron chi connectivity index (χ3n) is 3.01. The molecule has 1 amide bonds. The van der Waals surface area contributed by atoms with Crippen molar-refractivity contribution in [1.29, 1.82) is 0 Å². The summed E-state index contributed by atoms with van der Waals surface area (Å²) in [5.74, 6) is -1.49. The molecule has 3 N–H and O–H groups in total. The lowest BCUT2D eigenvalue weighted by atomic mass is 10.1. The average molecular weight is 291 g/mol. The fourth-order valence-corrected chi connectivity index (χ4v) is 2.03. The number of aliphatic carboxylic acids is 1. The van der Waals surface area contributed by atoms with Gasteiger partial charge in [0.05, 0.1) is 12.0 Å². The zero-order chi connectivity index (χ0) is 15.4. The summed E-state index contributed by atoms with van der Waals surface area (Å²) in [5, 5.41) is 15.8. The Labute approximate surface area is 121 Å². The summed E-state index contributed by atoms with van der Waals surface area (Å²) >= 11 is 0. The van der Waals surface area contributed by atoms with Gasteiger partial charge in [0.15, 0.2) is 0 Å². The van der Waals surface area contributed by atoms with Crippen LogP contribution in [0, 0.1) is 13.8 Å². The monoisotopic (exact) mass is 291 g/mol. The minimum Gasteiger partial charge on any atom is -0.480 e. The highest BCUT2D eigenvalue weighted by molar-refractivity contribution is 5.83. The maximum Gasteiger partial charge on any atom is 0.326 e. The van der Waals surface area contributed by atoms with Crippen molar-refractivity contribution in [2.24, 2.45) is 0 Å². The fraction of sp³-hybridized carbons (Fsp3) is 0.385. The van der Waals surface area contributed by atoms with Crippen LogP contribution in [0.4, 0.5) is 0 Å². The number of aromatic nitrogens is 4. The lowest BCUT2D eigenvalue weighted by molar-refractivity contribution is -0.141. The van der Waals surface area contributed by atoms with Crippen molar-refractivity contribution in [2.45, 2.75) is 32.9 Å². The number of carboxylic acid groups (broad SMARTS) is 1. The van der Waals surface area contributed by atoms with Gasteiger partial charge in [0.2, 0.25) is 5.91 Å². The number of aromatic amines is 1. The van der Waals surface area contributed by atoms with Crippen LogP contribution in [-0.2, 0) is 22.6 Å². The molecule has 2 aromatic rings. The maximum absolute atomic E-state index is 12.0. The van der Waals surface area contributed by atoms with E-state index in [2.05, 4.69) is 20.4 Å². The number of hydrogen-bond acceptors (Lipinski definition) is 4. The predicted octanol–water partition coefficient (Wildman–Crippen LogP) is 0.0351. The maximum atomic E-state index is 12.0. The number of carbonyl (C=O) groups excluding carboxylic acids is 1. The summed E-state index contributed by atoms with van der Waals surface area (Å²) in [5.41, 5.74) is 2.31. The molecule has 2 rings (SSSR count). The second kappa shape index (κ2) is 6.21. The number of nitrogens with one attached hydrogen (secondary N) is 2. The number of rotatable bonds is 6. The molecule has 0 aliphatic carbocycles. The SMILES string of the molecule is Cc1cc(C)n(CC(=O)N[C@H](Cc2cnc[nH]2)C(=O)O)n1. The Hall–Kier alpha value is -2.64. The summed E-state index contributed by atoms with van der Waals surface area (Å²) in [6, 6.07) is 0.849. The van der Waals surface area contributed by atoms with Gasteiger partial charge in [0, 0.05) is 24.0 Å². The molecule has 0 unspecified atom stereocenters. The normalized spacial score (nSPS) is 12.1. The predicted molar refractivity (Wildman–Crippen MR) is 73.6 cm³/mol. The molecule has 1 atom stereocenters. The summed E-state index contributed by atoms with van der Waals surface area (Å²) in [6.07, 6.45) is 3.15. The fourth-order valence-electron chi connectivity index (χ4n) is 2.03. The topological polar surface area (TPSA) is 113 Å². The number of hydrogen-bond donors (Lipinski definition) is 3. The van der Waals surface area contributed by atoms with Crippen molar-refractivity contribution >= 4 is 11.9 Å². The first-order valence-corrected chi connectivity index (χ1v) is 6.46. The molecule has 0 saturated heterocycles. The average Bonchev–Trinajstić information content (AvgIpc) is 2.99. The van der Waals surface area contributed by atoms with Crippen molar-refractivity contribution in [3.8, 4) is 0 Å². The molecule has 0 spiro atoms. The highest BCUT2D eigenvalue weighted by Crippen LogP contribution is 2.02. The summed E-state index contributed by atoms with van der Waals surface area (Å²) < 4.78 is 1.54. The number of amides is 1. The van der Waals surface area contributed by atoms with E-state index in [4.69, 9.17) is 0 Å². The number of carbonyl (C=O) groups is 2. The number of H-pyrrole nitrogens is 1. The van der Waals surface area contributed by atoms with Crippen LogP contribution in [0.25, 0.3) is 0 Å². The van der Waals surface area contributed by atoms with Gasteiger partial charge in [-0.25, -0.2) is 9.78 Å². The molecule has 0 aliphatic rings. The second-order valence-electron chi connectivity index (χ2n) is 4.82. The molecule has 8 nitrogen and oxygen atoms in total. The molecule has 0 aliphatic heterocycles. The van der Waals surface area contributed by atoms with E-state index in [1.807, 2.05) is 19.9 Å². The van der Waals surface area contributed by atoms with E-state index < -0.39 is 17.9 Å². The van der Waals surface area contributed by atoms with Gasteiger partial charge in [-0.2, -0.15) is 5.10 Å².